The van der Waals surface area contributed by atoms with E-state index in [1.807, 2.05) is 0 Å². The quantitative estimate of drug-likeness (QED) is 0.667. The second kappa shape index (κ2) is 5.58. The molecule has 0 aliphatic rings. The van der Waals surface area contributed by atoms with Crippen molar-refractivity contribution in [1.82, 2.24) is 5.32 Å². The third-order valence-corrected chi connectivity index (χ3v) is 2.60. The Labute approximate surface area is 96.3 Å². The minimum atomic E-state index is 0.185. The lowest BCUT2D eigenvalue weighted by atomic mass is 9.89. The largest absolute Gasteiger partial charge is 0.388 e. The summed E-state index contributed by atoms with van der Waals surface area (Å²) in [6.07, 6.45) is 3.84. The Hall–Kier alpha value is -0.460. The van der Waals surface area contributed by atoms with Crippen molar-refractivity contribution in [3.63, 3.8) is 0 Å². The van der Waals surface area contributed by atoms with E-state index in [0.29, 0.717) is 5.41 Å². The molecule has 0 bridgehead atoms. The van der Waals surface area contributed by atoms with Gasteiger partial charge in [-0.3, -0.25) is 0 Å². The van der Waals surface area contributed by atoms with Crippen LogP contribution in [0.4, 0.5) is 0 Å². The van der Waals surface area contributed by atoms with Crippen molar-refractivity contribution in [2.24, 2.45) is 10.8 Å². The van der Waals surface area contributed by atoms with E-state index >= 15 is 0 Å². The van der Waals surface area contributed by atoms with Crippen LogP contribution in [-0.4, -0.2) is 6.54 Å². The van der Waals surface area contributed by atoms with Crippen molar-refractivity contribution in [1.29, 1.82) is 0 Å². The van der Waals surface area contributed by atoms with Crippen molar-refractivity contribution < 1.29 is 0 Å². The fourth-order valence-electron chi connectivity index (χ4n) is 1.28. The second-order valence-electron chi connectivity index (χ2n) is 6.67. The fraction of sp³-hybridized carbons (Fsp3) is 0.857. The molecule has 0 amide bonds. The molecule has 0 aromatic rings. The Kier molecular flexibility index (Phi) is 5.41. The molecule has 1 heteroatoms. The first kappa shape index (κ1) is 14.5. The molecule has 0 rings (SSSR count). The molecule has 0 aliphatic carbocycles. The molecule has 0 unspecified atom stereocenters. The molecular weight excluding hydrogens is 182 g/mol. The zero-order valence-corrected chi connectivity index (χ0v) is 11.5. The molecule has 0 saturated carbocycles. The van der Waals surface area contributed by atoms with Crippen LogP contribution in [0.25, 0.3) is 0 Å². The van der Waals surface area contributed by atoms with Crippen molar-refractivity contribution in [3.8, 4) is 0 Å². The maximum atomic E-state index is 4.06. The first-order valence-electron chi connectivity index (χ1n) is 6.06. The highest BCUT2D eigenvalue weighted by molar-refractivity contribution is 5.02. The molecule has 90 valence electrons. The van der Waals surface area contributed by atoms with Crippen molar-refractivity contribution in [3.05, 3.63) is 12.3 Å². The lowest BCUT2D eigenvalue weighted by molar-refractivity contribution is 0.357. The van der Waals surface area contributed by atoms with Crippen molar-refractivity contribution in [2.75, 3.05) is 6.54 Å². The third-order valence-electron chi connectivity index (χ3n) is 2.60. The third kappa shape index (κ3) is 8.53. The number of nitrogens with one attached hydrogen (secondary N) is 1. The van der Waals surface area contributed by atoms with Crippen LogP contribution in [0.3, 0.4) is 0 Å². The van der Waals surface area contributed by atoms with Gasteiger partial charge in [-0.1, -0.05) is 54.5 Å². The lowest BCUT2D eigenvalue weighted by Gasteiger charge is -2.23. The average molecular weight is 211 g/mol. The van der Waals surface area contributed by atoms with Gasteiger partial charge in [0, 0.05) is 17.7 Å². The van der Waals surface area contributed by atoms with E-state index in [-0.39, 0.29) is 5.41 Å². The Balaban J connectivity index is 3.53. The summed E-state index contributed by atoms with van der Waals surface area (Å²) in [6.45, 7) is 18.6. The van der Waals surface area contributed by atoms with E-state index in [9.17, 15) is 0 Å². The average Bonchev–Trinajstić information content (AvgIpc) is 1.99. The molecule has 0 heterocycles. The molecule has 0 saturated heterocycles. The van der Waals surface area contributed by atoms with Gasteiger partial charge in [-0.15, -0.1) is 0 Å². The van der Waals surface area contributed by atoms with Crippen LogP contribution in [0, 0.1) is 10.8 Å². The molecule has 0 aliphatic heterocycles. The topological polar surface area (TPSA) is 12.0 Å². The summed E-state index contributed by atoms with van der Waals surface area (Å²) in [5, 5.41) is 3.41. The molecule has 0 spiro atoms. The highest BCUT2D eigenvalue weighted by Crippen LogP contribution is 2.22. The van der Waals surface area contributed by atoms with Crippen LogP contribution < -0.4 is 5.32 Å². The van der Waals surface area contributed by atoms with Crippen LogP contribution >= 0.6 is 0 Å². The number of hydrogen-bond acceptors (Lipinski definition) is 1. The molecule has 1 N–H and O–H groups in total. The van der Waals surface area contributed by atoms with Gasteiger partial charge in [-0.2, -0.15) is 0 Å². The molecule has 0 atom stereocenters. The standard InChI is InChI=1S/C14H29N/c1-12(14(5,6)7)15-11-9-8-10-13(2,3)4/h15H,1,8-11H2,2-7H3. The molecule has 0 aromatic heterocycles. The predicted octanol–water partition coefficient (Wildman–Crippen LogP) is 4.35. The summed E-state index contributed by atoms with van der Waals surface area (Å²) in [6, 6.07) is 0. The normalized spacial score (nSPS) is 12.7. The SMILES string of the molecule is C=C(NCCCCC(C)(C)C)C(C)(C)C. The number of hydrogen-bond donors (Lipinski definition) is 1. The zero-order chi connectivity index (χ0) is 12.1. The van der Waals surface area contributed by atoms with Crippen molar-refractivity contribution in [2.45, 2.75) is 60.8 Å². The van der Waals surface area contributed by atoms with Gasteiger partial charge in [0.05, 0.1) is 0 Å². The van der Waals surface area contributed by atoms with Crippen LogP contribution in [0.5, 0.6) is 0 Å². The first-order valence-corrected chi connectivity index (χ1v) is 6.06. The fourth-order valence-corrected chi connectivity index (χ4v) is 1.28. The molecule has 1 nitrogen and oxygen atoms in total. The monoisotopic (exact) mass is 211 g/mol. The molecule has 0 aromatic carbocycles. The lowest BCUT2D eigenvalue weighted by Crippen LogP contribution is -2.24. The highest BCUT2D eigenvalue weighted by Gasteiger charge is 2.14. The van der Waals surface area contributed by atoms with Gasteiger partial charge in [0.1, 0.15) is 0 Å². The maximum absolute atomic E-state index is 4.06. The van der Waals surface area contributed by atoms with Gasteiger partial charge in [-0.05, 0) is 18.3 Å². The molecule has 0 fully saturated rings. The predicted molar refractivity (Wildman–Crippen MR) is 69.9 cm³/mol. The minimum absolute atomic E-state index is 0.185. The number of rotatable bonds is 5. The van der Waals surface area contributed by atoms with E-state index in [0.717, 1.165) is 12.2 Å². The van der Waals surface area contributed by atoms with Gasteiger partial charge in [0.2, 0.25) is 0 Å². The summed E-state index contributed by atoms with van der Waals surface area (Å²) in [5.74, 6) is 0. The van der Waals surface area contributed by atoms with E-state index in [1.165, 1.54) is 19.3 Å². The molecule has 15 heavy (non-hydrogen) atoms. The van der Waals surface area contributed by atoms with E-state index < -0.39 is 0 Å². The summed E-state index contributed by atoms with van der Waals surface area (Å²) in [4.78, 5) is 0. The number of unbranched alkanes of at least 4 members (excludes halogenated alkanes) is 1. The van der Waals surface area contributed by atoms with Gasteiger partial charge in [-0.25, -0.2) is 0 Å². The minimum Gasteiger partial charge on any atom is -0.388 e. The summed E-state index contributed by atoms with van der Waals surface area (Å²) >= 11 is 0. The van der Waals surface area contributed by atoms with Gasteiger partial charge in [0.25, 0.3) is 0 Å². The number of allylic oxidation sites excluding steroid dienone is 1. The Morgan fingerprint density at radius 2 is 1.53 bits per heavy atom. The van der Waals surface area contributed by atoms with E-state index in [4.69, 9.17) is 0 Å². The molecular formula is C14H29N. The van der Waals surface area contributed by atoms with Crippen molar-refractivity contribution >= 4 is 0 Å². The van der Waals surface area contributed by atoms with Gasteiger partial charge in [0.15, 0.2) is 0 Å². The zero-order valence-electron chi connectivity index (χ0n) is 11.5. The van der Waals surface area contributed by atoms with Crippen LogP contribution in [0.2, 0.25) is 0 Å². The Bertz CT molecular complexity index is 190. The molecule has 0 radical (unpaired) electrons. The Morgan fingerprint density at radius 1 is 1.00 bits per heavy atom. The van der Waals surface area contributed by atoms with Crippen LogP contribution in [0.1, 0.15) is 60.8 Å². The van der Waals surface area contributed by atoms with E-state index in [2.05, 4.69) is 53.4 Å². The van der Waals surface area contributed by atoms with Gasteiger partial charge >= 0.3 is 0 Å². The summed E-state index contributed by atoms with van der Waals surface area (Å²) < 4.78 is 0. The summed E-state index contributed by atoms with van der Waals surface area (Å²) in [7, 11) is 0. The smallest absolute Gasteiger partial charge is 0.0143 e. The Morgan fingerprint density at radius 3 is 1.93 bits per heavy atom. The van der Waals surface area contributed by atoms with Gasteiger partial charge < -0.3 is 5.32 Å². The second-order valence-corrected chi connectivity index (χ2v) is 6.67. The van der Waals surface area contributed by atoms with Crippen LogP contribution in [0.15, 0.2) is 12.3 Å². The highest BCUT2D eigenvalue weighted by atomic mass is 14.9. The maximum Gasteiger partial charge on any atom is 0.0143 e. The summed E-state index contributed by atoms with van der Waals surface area (Å²) in [5.41, 5.74) is 1.81. The van der Waals surface area contributed by atoms with Crippen LogP contribution in [-0.2, 0) is 0 Å². The first-order chi connectivity index (χ1) is 6.63. The van der Waals surface area contributed by atoms with E-state index in [1.54, 1.807) is 0 Å².